The summed E-state index contributed by atoms with van der Waals surface area (Å²) in [5.41, 5.74) is 1.86. The van der Waals surface area contributed by atoms with Gasteiger partial charge in [-0.3, -0.25) is 13.9 Å². The van der Waals surface area contributed by atoms with Crippen molar-refractivity contribution in [1.29, 1.82) is 0 Å². The molecule has 1 unspecified atom stereocenters. The second-order valence-corrected chi connectivity index (χ2v) is 11.5. The molecule has 0 aromatic heterocycles. The van der Waals surface area contributed by atoms with E-state index in [1.807, 2.05) is 52.0 Å². The molecule has 10 heteroatoms. The predicted octanol–water partition coefficient (Wildman–Crippen LogP) is 4.67. The number of rotatable bonds is 12. The van der Waals surface area contributed by atoms with Gasteiger partial charge in [0.05, 0.1) is 17.2 Å². The Morgan fingerprint density at radius 3 is 2.15 bits per heavy atom. The molecule has 1 atom stereocenters. The van der Waals surface area contributed by atoms with Gasteiger partial charge in [-0.05, 0) is 94.3 Å². The van der Waals surface area contributed by atoms with E-state index in [0.29, 0.717) is 12.4 Å². The van der Waals surface area contributed by atoms with Gasteiger partial charge in [0.2, 0.25) is 11.8 Å². The molecule has 0 aliphatic heterocycles. The monoisotopic (exact) mass is 569 g/mol. The van der Waals surface area contributed by atoms with E-state index in [1.54, 1.807) is 6.92 Å². The number of nitrogens with zero attached hydrogens (tertiary/aromatic N) is 2. The molecule has 1 N–H and O–H groups in total. The number of sulfonamides is 1. The highest BCUT2D eigenvalue weighted by Gasteiger charge is 2.33. The highest BCUT2D eigenvalue weighted by molar-refractivity contribution is 7.92. The summed E-state index contributed by atoms with van der Waals surface area (Å²) in [4.78, 5) is 28.2. The molecule has 0 aliphatic rings. The molecule has 3 aromatic carbocycles. The Labute approximate surface area is 235 Å². The molecule has 0 saturated heterocycles. The Morgan fingerprint density at radius 1 is 0.950 bits per heavy atom. The number of carbonyl (C=O) groups excluding carboxylic acids is 2. The van der Waals surface area contributed by atoms with Crippen molar-refractivity contribution < 1.29 is 27.1 Å². The molecule has 3 aromatic rings. The Balaban J connectivity index is 2.03. The molecule has 0 bridgehead atoms. The Hall–Kier alpha value is -3.92. The van der Waals surface area contributed by atoms with Crippen LogP contribution in [0.1, 0.15) is 38.8 Å². The molecule has 0 saturated carbocycles. The van der Waals surface area contributed by atoms with Gasteiger partial charge in [-0.25, -0.2) is 12.8 Å². The van der Waals surface area contributed by atoms with Crippen LogP contribution >= 0.6 is 0 Å². The number of amides is 2. The third kappa shape index (κ3) is 7.59. The van der Waals surface area contributed by atoms with E-state index < -0.39 is 34.3 Å². The van der Waals surface area contributed by atoms with Crippen LogP contribution in [0.25, 0.3) is 0 Å². The van der Waals surface area contributed by atoms with Crippen molar-refractivity contribution in [2.24, 2.45) is 0 Å². The largest absolute Gasteiger partial charge is 0.494 e. The van der Waals surface area contributed by atoms with Crippen LogP contribution in [0.2, 0.25) is 0 Å². The molecule has 3 rings (SSSR count). The van der Waals surface area contributed by atoms with E-state index in [1.165, 1.54) is 41.3 Å². The summed E-state index contributed by atoms with van der Waals surface area (Å²) in [5, 5.41) is 2.82. The number of hydrogen-bond donors (Lipinski definition) is 1. The van der Waals surface area contributed by atoms with Crippen LogP contribution in [0.15, 0.2) is 77.7 Å². The summed E-state index contributed by atoms with van der Waals surface area (Å²) in [6, 6.07) is 17.1. The summed E-state index contributed by atoms with van der Waals surface area (Å²) in [6.45, 7) is 8.87. The van der Waals surface area contributed by atoms with Gasteiger partial charge >= 0.3 is 0 Å². The van der Waals surface area contributed by atoms with E-state index in [0.717, 1.165) is 27.6 Å². The predicted molar refractivity (Wildman–Crippen MR) is 153 cm³/mol. The van der Waals surface area contributed by atoms with Gasteiger partial charge in [-0.15, -0.1) is 0 Å². The van der Waals surface area contributed by atoms with E-state index in [2.05, 4.69) is 5.32 Å². The summed E-state index contributed by atoms with van der Waals surface area (Å²) in [7, 11) is -4.27. The summed E-state index contributed by atoms with van der Waals surface area (Å²) in [6.07, 6.45) is 0. The lowest BCUT2D eigenvalue weighted by atomic mass is 10.1. The SMILES string of the molecule is CCOc1ccc(S(=O)(=O)N(CC(=O)N(Cc2ccccc2C)C(C)C(=O)NC(C)C)c2ccc(F)cc2)cc1. The van der Waals surface area contributed by atoms with Gasteiger partial charge in [0.1, 0.15) is 24.2 Å². The Bertz CT molecular complexity index is 1410. The lowest BCUT2D eigenvalue weighted by Crippen LogP contribution is -2.52. The van der Waals surface area contributed by atoms with Gasteiger partial charge in [0.25, 0.3) is 10.0 Å². The maximum absolute atomic E-state index is 13.9. The normalized spacial score (nSPS) is 12.1. The first-order chi connectivity index (χ1) is 18.9. The minimum absolute atomic E-state index is 0.0656. The van der Waals surface area contributed by atoms with Gasteiger partial charge in [0, 0.05) is 12.6 Å². The zero-order chi connectivity index (χ0) is 29.4. The molecule has 40 heavy (non-hydrogen) atoms. The van der Waals surface area contributed by atoms with Crippen LogP contribution in [0.3, 0.4) is 0 Å². The van der Waals surface area contributed by atoms with Crippen molar-refractivity contribution in [3.05, 3.63) is 89.7 Å². The molecule has 0 spiro atoms. The Kier molecular flexibility index (Phi) is 10.3. The van der Waals surface area contributed by atoms with Crippen LogP contribution < -0.4 is 14.4 Å². The van der Waals surface area contributed by atoms with Gasteiger partial charge in [0.15, 0.2) is 0 Å². The topological polar surface area (TPSA) is 96.0 Å². The summed E-state index contributed by atoms with van der Waals surface area (Å²) < 4.78 is 47.8. The smallest absolute Gasteiger partial charge is 0.264 e. The third-order valence-corrected chi connectivity index (χ3v) is 8.10. The quantitative estimate of drug-likeness (QED) is 0.342. The van der Waals surface area contributed by atoms with Crippen LogP contribution in [0, 0.1) is 12.7 Å². The zero-order valence-electron chi connectivity index (χ0n) is 23.4. The maximum atomic E-state index is 13.9. The lowest BCUT2D eigenvalue weighted by Gasteiger charge is -2.32. The maximum Gasteiger partial charge on any atom is 0.264 e. The van der Waals surface area contributed by atoms with E-state index in [9.17, 15) is 22.4 Å². The van der Waals surface area contributed by atoms with Crippen molar-refractivity contribution in [2.75, 3.05) is 17.5 Å². The van der Waals surface area contributed by atoms with Gasteiger partial charge in [-0.2, -0.15) is 0 Å². The lowest BCUT2D eigenvalue weighted by molar-refractivity contribution is -0.139. The molecule has 0 fully saturated rings. The first-order valence-electron chi connectivity index (χ1n) is 13.1. The fourth-order valence-corrected chi connectivity index (χ4v) is 5.51. The van der Waals surface area contributed by atoms with Crippen molar-refractivity contribution in [2.45, 2.75) is 58.1 Å². The number of nitrogens with one attached hydrogen (secondary N) is 1. The van der Waals surface area contributed by atoms with Crippen molar-refractivity contribution >= 4 is 27.5 Å². The fourth-order valence-electron chi connectivity index (χ4n) is 4.10. The molecule has 0 heterocycles. The van der Waals surface area contributed by atoms with E-state index >= 15 is 0 Å². The van der Waals surface area contributed by atoms with Crippen LogP contribution in [-0.2, 0) is 26.2 Å². The number of ether oxygens (including phenoxy) is 1. The van der Waals surface area contributed by atoms with Crippen molar-refractivity contribution in [3.8, 4) is 5.75 Å². The number of hydrogen-bond acceptors (Lipinski definition) is 5. The third-order valence-electron chi connectivity index (χ3n) is 6.32. The number of carbonyl (C=O) groups is 2. The summed E-state index contributed by atoms with van der Waals surface area (Å²) >= 11 is 0. The fraction of sp³-hybridized carbons (Fsp3) is 0.333. The average Bonchev–Trinajstić information content (AvgIpc) is 2.91. The van der Waals surface area contributed by atoms with E-state index in [-0.39, 0.29) is 29.1 Å². The van der Waals surface area contributed by atoms with Crippen LogP contribution in [0.5, 0.6) is 5.75 Å². The number of halogens is 1. The second kappa shape index (κ2) is 13.4. The molecular weight excluding hydrogens is 533 g/mol. The van der Waals surface area contributed by atoms with Crippen LogP contribution in [0.4, 0.5) is 10.1 Å². The zero-order valence-corrected chi connectivity index (χ0v) is 24.2. The molecule has 8 nitrogen and oxygen atoms in total. The summed E-state index contributed by atoms with van der Waals surface area (Å²) in [5.74, 6) is -0.998. The molecule has 214 valence electrons. The standard InChI is InChI=1S/C30H36FN3O5S/c1-6-39-27-15-17-28(18-16-27)40(37,38)34(26-13-11-25(31)12-14-26)20-29(35)33(23(5)30(36)32-21(2)3)19-24-10-8-7-9-22(24)4/h7-18,21,23H,6,19-20H2,1-5H3,(H,32,36). The van der Waals surface area contributed by atoms with Gasteiger partial charge in [-0.1, -0.05) is 24.3 Å². The number of anilines is 1. The highest BCUT2D eigenvalue weighted by Crippen LogP contribution is 2.26. The molecule has 2 amide bonds. The first kappa shape index (κ1) is 30.6. The van der Waals surface area contributed by atoms with Gasteiger partial charge < -0.3 is 15.0 Å². The second-order valence-electron chi connectivity index (χ2n) is 9.68. The number of aryl methyl sites for hydroxylation is 1. The highest BCUT2D eigenvalue weighted by atomic mass is 32.2. The van der Waals surface area contributed by atoms with Crippen molar-refractivity contribution in [3.63, 3.8) is 0 Å². The molecular formula is C30H36FN3O5S. The first-order valence-corrected chi connectivity index (χ1v) is 14.5. The Morgan fingerprint density at radius 2 is 1.57 bits per heavy atom. The minimum Gasteiger partial charge on any atom is -0.494 e. The van der Waals surface area contributed by atoms with E-state index in [4.69, 9.17) is 4.74 Å². The average molecular weight is 570 g/mol. The molecule has 0 radical (unpaired) electrons. The molecule has 0 aliphatic carbocycles. The van der Waals surface area contributed by atoms with Crippen LogP contribution in [-0.4, -0.2) is 50.4 Å². The minimum atomic E-state index is -4.27. The number of benzene rings is 3. The van der Waals surface area contributed by atoms with Crippen molar-refractivity contribution in [1.82, 2.24) is 10.2 Å².